The first kappa shape index (κ1) is 11.9. The van der Waals surface area contributed by atoms with Gasteiger partial charge in [-0.3, -0.25) is 0 Å². The lowest BCUT2D eigenvalue weighted by atomic mass is 9.59. The van der Waals surface area contributed by atoms with E-state index in [2.05, 4.69) is 20.8 Å². The van der Waals surface area contributed by atoms with Gasteiger partial charge < -0.3 is 0 Å². The van der Waals surface area contributed by atoms with Crippen molar-refractivity contribution in [3.8, 4) is 0 Å². The van der Waals surface area contributed by atoms with E-state index in [0.29, 0.717) is 23.8 Å². The van der Waals surface area contributed by atoms with Gasteiger partial charge in [-0.15, -0.1) is 0 Å². The summed E-state index contributed by atoms with van der Waals surface area (Å²) in [5.41, 5.74) is -0.137. The molecule has 0 atom stereocenters. The summed E-state index contributed by atoms with van der Waals surface area (Å²) in [7, 11) is 0. The molecule has 0 radical (unpaired) electrons. The highest BCUT2D eigenvalue weighted by Crippen LogP contribution is 2.55. The highest BCUT2D eigenvalue weighted by molar-refractivity contribution is 6.30. The van der Waals surface area contributed by atoms with Crippen molar-refractivity contribution in [2.24, 2.45) is 11.3 Å². The average Bonchev–Trinajstić information content (AvgIpc) is 2.12. The highest BCUT2D eigenvalue weighted by Gasteiger charge is 2.50. The van der Waals surface area contributed by atoms with Crippen LogP contribution in [0.15, 0.2) is 24.3 Å². The van der Waals surface area contributed by atoms with Crippen LogP contribution >= 0.6 is 11.6 Å². The molecule has 88 valence electrons. The van der Waals surface area contributed by atoms with Gasteiger partial charge in [-0.2, -0.15) is 0 Å². The first-order valence-electron chi connectivity index (χ1n) is 5.76. The summed E-state index contributed by atoms with van der Waals surface area (Å²) >= 11 is 5.80. The van der Waals surface area contributed by atoms with E-state index in [-0.39, 0.29) is 5.41 Å². The molecule has 1 aromatic carbocycles. The summed E-state index contributed by atoms with van der Waals surface area (Å²) in [4.78, 5) is 0. The monoisotopic (exact) mass is 240 g/mol. The number of halogens is 2. The Labute approximate surface area is 102 Å². The maximum Gasteiger partial charge on any atom is 0.136 e. The van der Waals surface area contributed by atoms with Crippen LogP contribution in [0.4, 0.5) is 4.39 Å². The molecular weight excluding hydrogens is 223 g/mol. The minimum absolute atomic E-state index is 0.210. The topological polar surface area (TPSA) is 0 Å². The Morgan fingerprint density at radius 2 is 1.69 bits per heavy atom. The Morgan fingerprint density at radius 3 is 2.12 bits per heavy atom. The largest absolute Gasteiger partial charge is 0.239 e. The van der Waals surface area contributed by atoms with Crippen LogP contribution in [-0.2, 0) is 5.67 Å². The highest BCUT2D eigenvalue weighted by atomic mass is 35.5. The smallest absolute Gasteiger partial charge is 0.136 e. The van der Waals surface area contributed by atoms with Crippen molar-refractivity contribution in [2.75, 3.05) is 0 Å². The van der Waals surface area contributed by atoms with E-state index >= 15 is 0 Å². The maximum absolute atomic E-state index is 14.5. The second-order valence-corrected chi connectivity index (χ2v) is 6.38. The number of hydrogen-bond acceptors (Lipinski definition) is 0. The molecule has 1 fully saturated rings. The van der Waals surface area contributed by atoms with E-state index in [1.807, 2.05) is 0 Å². The zero-order chi connectivity index (χ0) is 12.0. The molecule has 1 aliphatic rings. The Bertz CT molecular complexity index is 369. The van der Waals surface area contributed by atoms with E-state index in [9.17, 15) is 4.39 Å². The van der Waals surface area contributed by atoms with Crippen molar-refractivity contribution in [3.63, 3.8) is 0 Å². The molecule has 0 aromatic heterocycles. The molecular formula is C14H18ClF. The summed E-state index contributed by atoms with van der Waals surface area (Å²) in [6, 6.07) is 7.15. The van der Waals surface area contributed by atoms with E-state index in [0.717, 1.165) is 5.56 Å². The van der Waals surface area contributed by atoms with Crippen LogP contribution in [0.3, 0.4) is 0 Å². The minimum atomic E-state index is -1.12. The third-order valence-electron chi connectivity index (χ3n) is 3.73. The van der Waals surface area contributed by atoms with Crippen LogP contribution in [0, 0.1) is 11.3 Å². The van der Waals surface area contributed by atoms with Gasteiger partial charge in [0.15, 0.2) is 0 Å². The lowest BCUT2D eigenvalue weighted by Crippen LogP contribution is -2.43. The molecule has 2 rings (SSSR count). The minimum Gasteiger partial charge on any atom is -0.239 e. The molecule has 0 saturated heterocycles. The normalized spacial score (nSPS) is 29.9. The van der Waals surface area contributed by atoms with Crippen molar-refractivity contribution in [3.05, 3.63) is 34.9 Å². The second-order valence-electron chi connectivity index (χ2n) is 5.94. The average molecular weight is 241 g/mol. The summed E-state index contributed by atoms with van der Waals surface area (Å²) in [5.74, 6) is 0.480. The third-order valence-corrected chi connectivity index (χ3v) is 3.98. The van der Waals surface area contributed by atoms with Crippen molar-refractivity contribution < 1.29 is 4.39 Å². The van der Waals surface area contributed by atoms with Crippen LogP contribution in [0.25, 0.3) is 0 Å². The predicted molar refractivity (Wildman–Crippen MR) is 66.4 cm³/mol. The van der Waals surface area contributed by atoms with Crippen molar-refractivity contribution in [1.29, 1.82) is 0 Å². The van der Waals surface area contributed by atoms with Gasteiger partial charge >= 0.3 is 0 Å². The fourth-order valence-electron chi connectivity index (χ4n) is 2.32. The van der Waals surface area contributed by atoms with Gasteiger partial charge in [-0.25, -0.2) is 4.39 Å². The first-order valence-corrected chi connectivity index (χ1v) is 6.14. The SMILES string of the molecule is CC(C)(C)C1CC(F)(c2ccc(Cl)cc2)C1. The van der Waals surface area contributed by atoms with Crippen molar-refractivity contribution in [2.45, 2.75) is 39.3 Å². The quantitative estimate of drug-likeness (QED) is 0.651. The molecule has 0 bridgehead atoms. The molecule has 0 N–H and O–H groups in total. The fourth-order valence-corrected chi connectivity index (χ4v) is 2.44. The number of hydrogen-bond donors (Lipinski definition) is 0. The van der Waals surface area contributed by atoms with Gasteiger partial charge in [0.2, 0.25) is 0 Å². The van der Waals surface area contributed by atoms with Crippen LogP contribution in [-0.4, -0.2) is 0 Å². The van der Waals surface area contributed by atoms with Crippen LogP contribution < -0.4 is 0 Å². The molecule has 0 aliphatic heterocycles. The Hall–Kier alpha value is -0.560. The van der Waals surface area contributed by atoms with Crippen molar-refractivity contribution >= 4 is 11.6 Å². The van der Waals surface area contributed by atoms with E-state index < -0.39 is 5.67 Å². The van der Waals surface area contributed by atoms with Crippen LogP contribution in [0.2, 0.25) is 5.02 Å². The zero-order valence-electron chi connectivity index (χ0n) is 10.1. The van der Waals surface area contributed by atoms with Gasteiger partial charge in [0.25, 0.3) is 0 Å². The van der Waals surface area contributed by atoms with Gasteiger partial charge in [-0.1, -0.05) is 44.5 Å². The lowest BCUT2D eigenvalue weighted by molar-refractivity contribution is -0.0476. The summed E-state index contributed by atoms with van der Waals surface area (Å²) in [5, 5.41) is 0.666. The molecule has 1 saturated carbocycles. The maximum atomic E-state index is 14.5. The standard InChI is InChI=1S/C14H18ClF/c1-13(2,3)11-8-14(16,9-11)10-4-6-12(15)7-5-10/h4-7,11H,8-9H2,1-3H3. The summed E-state index contributed by atoms with van der Waals surface area (Å²) in [6.07, 6.45) is 1.27. The van der Waals surface area contributed by atoms with Gasteiger partial charge in [0, 0.05) is 5.02 Å². The number of alkyl halides is 1. The molecule has 1 aliphatic carbocycles. The fraction of sp³-hybridized carbons (Fsp3) is 0.571. The van der Waals surface area contributed by atoms with Crippen molar-refractivity contribution in [1.82, 2.24) is 0 Å². The Morgan fingerprint density at radius 1 is 1.19 bits per heavy atom. The predicted octanol–water partition coefficient (Wildman–Crippen LogP) is 4.96. The Balaban J connectivity index is 2.10. The summed E-state index contributed by atoms with van der Waals surface area (Å²) in [6.45, 7) is 6.54. The molecule has 0 heterocycles. The molecule has 16 heavy (non-hydrogen) atoms. The number of benzene rings is 1. The van der Waals surface area contributed by atoms with E-state index in [4.69, 9.17) is 11.6 Å². The second kappa shape index (κ2) is 3.73. The molecule has 2 heteroatoms. The third kappa shape index (κ3) is 2.10. The molecule has 1 aromatic rings. The number of rotatable bonds is 1. The van der Waals surface area contributed by atoms with E-state index in [1.54, 1.807) is 24.3 Å². The van der Waals surface area contributed by atoms with E-state index in [1.165, 1.54) is 0 Å². The van der Waals surface area contributed by atoms with Gasteiger partial charge in [0.05, 0.1) is 0 Å². The lowest BCUT2D eigenvalue weighted by Gasteiger charge is -2.48. The molecule has 0 unspecified atom stereocenters. The van der Waals surface area contributed by atoms with Crippen LogP contribution in [0.5, 0.6) is 0 Å². The first-order chi connectivity index (χ1) is 7.31. The summed E-state index contributed by atoms with van der Waals surface area (Å²) < 4.78 is 14.5. The van der Waals surface area contributed by atoms with Gasteiger partial charge in [-0.05, 0) is 41.9 Å². The molecule has 0 spiro atoms. The molecule has 0 amide bonds. The zero-order valence-corrected chi connectivity index (χ0v) is 10.8. The van der Waals surface area contributed by atoms with Gasteiger partial charge in [0.1, 0.15) is 5.67 Å². The Kier molecular flexibility index (Phi) is 2.78. The molecule has 0 nitrogen and oxygen atoms in total. The van der Waals surface area contributed by atoms with Crippen LogP contribution in [0.1, 0.15) is 39.2 Å².